The first-order valence-electron chi connectivity index (χ1n) is 6.31. The van der Waals surface area contributed by atoms with E-state index >= 15 is 0 Å². The SMILES string of the molecule is CNC(C)c1ccc(Br)cc1OCC(=O)NCCC#N. The van der Waals surface area contributed by atoms with Crippen molar-refractivity contribution in [1.29, 1.82) is 5.26 Å². The molecule has 0 spiro atoms. The Balaban J connectivity index is 2.64. The van der Waals surface area contributed by atoms with Gasteiger partial charge in [-0.25, -0.2) is 0 Å². The first-order chi connectivity index (χ1) is 9.58. The smallest absolute Gasteiger partial charge is 0.257 e. The number of carbonyl (C=O) groups is 1. The molecule has 0 saturated carbocycles. The molecule has 1 rings (SSSR count). The predicted molar refractivity (Wildman–Crippen MR) is 80.4 cm³/mol. The van der Waals surface area contributed by atoms with Gasteiger partial charge in [-0.05, 0) is 26.1 Å². The molecule has 0 bridgehead atoms. The molecule has 1 amide bonds. The number of nitrogens with one attached hydrogen (secondary N) is 2. The first kappa shape index (κ1) is 16.5. The van der Waals surface area contributed by atoms with Crippen LogP contribution in [0, 0.1) is 11.3 Å². The lowest BCUT2D eigenvalue weighted by atomic mass is 10.1. The molecule has 0 aliphatic carbocycles. The van der Waals surface area contributed by atoms with Crippen molar-refractivity contribution in [2.75, 3.05) is 20.2 Å². The fourth-order valence-electron chi connectivity index (χ4n) is 1.60. The van der Waals surface area contributed by atoms with Crippen LogP contribution in [0.4, 0.5) is 0 Å². The molecule has 1 aromatic carbocycles. The lowest BCUT2D eigenvalue weighted by Crippen LogP contribution is -2.29. The van der Waals surface area contributed by atoms with E-state index < -0.39 is 0 Å². The highest BCUT2D eigenvalue weighted by molar-refractivity contribution is 9.10. The Morgan fingerprint density at radius 1 is 1.55 bits per heavy atom. The highest BCUT2D eigenvalue weighted by atomic mass is 79.9. The number of hydrogen-bond donors (Lipinski definition) is 2. The number of halogens is 1. The van der Waals surface area contributed by atoms with Crippen LogP contribution in [0.2, 0.25) is 0 Å². The van der Waals surface area contributed by atoms with Gasteiger partial charge in [0.1, 0.15) is 5.75 Å². The minimum Gasteiger partial charge on any atom is -0.483 e. The summed E-state index contributed by atoms with van der Waals surface area (Å²) in [6.45, 7) is 2.30. The maximum absolute atomic E-state index is 11.6. The number of hydrogen-bond acceptors (Lipinski definition) is 4. The molecule has 6 heteroatoms. The Bertz CT molecular complexity index is 500. The molecule has 0 aliphatic rings. The molecule has 0 heterocycles. The largest absolute Gasteiger partial charge is 0.483 e. The van der Waals surface area contributed by atoms with Crippen LogP contribution >= 0.6 is 15.9 Å². The van der Waals surface area contributed by atoms with E-state index in [0.29, 0.717) is 18.7 Å². The van der Waals surface area contributed by atoms with E-state index in [-0.39, 0.29) is 18.6 Å². The van der Waals surface area contributed by atoms with Crippen molar-refractivity contribution in [3.8, 4) is 11.8 Å². The second kappa shape index (κ2) is 8.56. The minimum atomic E-state index is -0.233. The third kappa shape index (κ3) is 5.19. The summed E-state index contributed by atoms with van der Waals surface area (Å²) in [5.41, 5.74) is 0.987. The van der Waals surface area contributed by atoms with Gasteiger partial charge in [0.05, 0.1) is 12.5 Å². The highest BCUT2D eigenvalue weighted by Gasteiger charge is 2.12. The third-order valence-corrected chi connectivity index (χ3v) is 3.29. The normalized spacial score (nSPS) is 11.5. The summed E-state index contributed by atoms with van der Waals surface area (Å²) in [6.07, 6.45) is 0.296. The molecule has 0 aliphatic heterocycles. The van der Waals surface area contributed by atoms with Crippen LogP contribution in [0.5, 0.6) is 5.75 Å². The summed E-state index contributed by atoms with van der Waals surface area (Å²) in [4.78, 5) is 11.6. The van der Waals surface area contributed by atoms with Gasteiger partial charge in [0.2, 0.25) is 0 Å². The molecule has 0 radical (unpaired) electrons. The topological polar surface area (TPSA) is 74.2 Å². The maximum Gasteiger partial charge on any atom is 0.257 e. The van der Waals surface area contributed by atoms with E-state index in [4.69, 9.17) is 10.00 Å². The second-order valence-electron chi connectivity index (χ2n) is 4.24. The highest BCUT2D eigenvalue weighted by Crippen LogP contribution is 2.28. The molecule has 5 nitrogen and oxygen atoms in total. The standard InChI is InChI=1S/C14H18BrN3O2/c1-10(17-2)12-5-4-11(15)8-13(12)20-9-14(19)18-7-3-6-16/h4-5,8,10,17H,3,7,9H2,1-2H3,(H,18,19). The van der Waals surface area contributed by atoms with Gasteiger partial charge < -0.3 is 15.4 Å². The number of rotatable bonds is 7. The predicted octanol–water partition coefficient (Wildman–Crippen LogP) is 2.14. The van der Waals surface area contributed by atoms with Crippen molar-refractivity contribution in [2.24, 2.45) is 0 Å². The summed E-state index contributed by atoms with van der Waals surface area (Å²) >= 11 is 3.39. The monoisotopic (exact) mass is 339 g/mol. The number of benzene rings is 1. The number of nitrogens with zero attached hydrogens (tertiary/aromatic N) is 1. The van der Waals surface area contributed by atoms with Gasteiger partial charge >= 0.3 is 0 Å². The molecule has 1 atom stereocenters. The van der Waals surface area contributed by atoms with Crippen molar-refractivity contribution < 1.29 is 9.53 Å². The lowest BCUT2D eigenvalue weighted by Gasteiger charge is -2.16. The van der Waals surface area contributed by atoms with E-state index in [0.717, 1.165) is 10.0 Å². The summed E-state index contributed by atoms with van der Waals surface area (Å²) in [5, 5.41) is 14.2. The number of ether oxygens (including phenoxy) is 1. The summed E-state index contributed by atoms with van der Waals surface area (Å²) in [6, 6.07) is 7.82. The Kier molecular flexibility index (Phi) is 7.05. The molecule has 2 N–H and O–H groups in total. The molecule has 1 aromatic rings. The fourth-order valence-corrected chi connectivity index (χ4v) is 1.94. The van der Waals surface area contributed by atoms with Gasteiger partial charge in [-0.3, -0.25) is 4.79 Å². The van der Waals surface area contributed by atoms with Gasteiger partial charge in [0.15, 0.2) is 6.61 Å². The molecular weight excluding hydrogens is 322 g/mol. The van der Waals surface area contributed by atoms with Crippen LogP contribution in [0.1, 0.15) is 24.9 Å². The average Bonchev–Trinajstić information content (AvgIpc) is 2.44. The molecule has 0 fully saturated rings. The Labute approximate surface area is 127 Å². The zero-order valence-electron chi connectivity index (χ0n) is 11.6. The van der Waals surface area contributed by atoms with Gasteiger partial charge in [-0.1, -0.05) is 22.0 Å². The third-order valence-electron chi connectivity index (χ3n) is 2.79. The summed E-state index contributed by atoms with van der Waals surface area (Å²) in [7, 11) is 1.87. The molecule has 0 saturated heterocycles. The summed E-state index contributed by atoms with van der Waals surface area (Å²) < 4.78 is 6.46. The van der Waals surface area contributed by atoms with Gasteiger partial charge in [-0.2, -0.15) is 5.26 Å². The average molecular weight is 340 g/mol. The van der Waals surface area contributed by atoms with Crippen LogP contribution in [0.25, 0.3) is 0 Å². The van der Waals surface area contributed by atoms with Gasteiger partial charge in [0, 0.05) is 22.6 Å². The van der Waals surface area contributed by atoms with Crippen molar-refractivity contribution in [1.82, 2.24) is 10.6 Å². The number of carbonyl (C=O) groups excluding carboxylic acids is 1. The Morgan fingerprint density at radius 3 is 2.95 bits per heavy atom. The lowest BCUT2D eigenvalue weighted by molar-refractivity contribution is -0.123. The second-order valence-corrected chi connectivity index (χ2v) is 5.15. The van der Waals surface area contributed by atoms with Crippen molar-refractivity contribution >= 4 is 21.8 Å². The maximum atomic E-state index is 11.6. The van der Waals surface area contributed by atoms with Crippen LogP contribution in [0.3, 0.4) is 0 Å². The fraction of sp³-hybridized carbons (Fsp3) is 0.429. The van der Waals surface area contributed by atoms with Crippen LogP contribution in [0.15, 0.2) is 22.7 Å². The quantitative estimate of drug-likeness (QED) is 0.746. The summed E-state index contributed by atoms with van der Waals surface area (Å²) in [5.74, 6) is 0.431. The van der Waals surface area contributed by atoms with Crippen molar-refractivity contribution in [3.05, 3.63) is 28.2 Å². The molecular formula is C14H18BrN3O2. The van der Waals surface area contributed by atoms with E-state index in [1.54, 1.807) is 0 Å². The zero-order valence-corrected chi connectivity index (χ0v) is 13.2. The number of amides is 1. The van der Waals surface area contributed by atoms with E-state index in [2.05, 4.69) is 26.6 Å². The minimum absolute atomic E-state index is 0.0642. The molecule has 1 unspecified atom stereocenters. The molecule has 20 heavy (non-hydrogen) atoms. The Morgan fingerprint density at radius 2 is 2.30 bits per heavy atom. The van der Waals surface area contributed by atoms with Crippen molar-refractivity contribution in [3.63, 3.8) is 0 Å². The van der Waals surface area contributed by atoms with Gasteiger partial charge in [0.25, 0.3) is 5.91 Å². The van der Waals surface area contributed by atoms with Gasteiger partial charge in [-0.15, -0.1) is 0 Å². The van der Waals surface area contributed by atoms with Crippen molar-refractivity contribution in [2.45, 2.75) is 19.4 Å². The van der Waals surface area contributed by atoms with E-state index in [1.807, 2.05) is 38.2 Å². The van der Waals surface area contributed by atoms with Crippen LogP contribution < -0.4 is 15.4 Å². The Hall–Kier alpha value is -1.58. The van der Waals surface area contributed by atoms with E-state index in [1.165, 1.54) is 0 Å². The molecule has 0 aromatic heterocycles. The number of nitriles is 1. The first-order valence-corrected chi connectivity index (χ1v) is 7.11. The zero-order chi connectivity index (χ0) is 15.0. The van der Waals surface area contributed by atoms with Crippen LogP contribution in [-0.4, -0.2) is 26.1 Å². The molecule has 108 valence electrons. The van der Waals surface area contributed by atoms with E-state index in [9.17, 15) is 4.79 Å². The van der Waals surface area contributed by atoms with Crippen LogP contribution in [-0.2, 0) is 4.79 Å².